The first kappa shape index (κ1) is 16.5. The van der Waals surface area contributed by atoms with Crippen LogP contribution in [0.3, 0.4) is 0 Å². The van der Waals surface area contributed by atoms with Crippen LogP contribution < -0.4 is 0 Å². The highest BCUT2D eigenvalue weighted by Crippen LogP contribution is 2.28. The predicted octanol–water partition coefficient (Wildman–Crippen LogP) is 4.30. The molecule has 1 aromatic carbocycles. The van der Waals surface area contributed by atoms with Crippen LogP contribution in [0.4, 0.5) is 4.39 Å². The topological polar surface area (TPSA) is 38.0 Å². The van der Waals surface area contributed by atoms with Gasteiger partial charge in [0.2, 0.25) is 0 Å². The van der Waals surface area contributed by atoms with E-state index >= 15 is 0 Å². The molecule has 0 amide bonds. The van der Waals surface area contributed by atoms with Crippen molar-refractivity contribution >= 4 is 27.5 Å². The molecule has 1 heterocycles. The van der Waals surface area contributed by atoms with E-state index in [-0.39, 0.29) is 12.0 Å². The minimum absolute atomic E-state index is 0.234. The highest BCUT2D eigenvalue weighted by Gasteiger charge is 2.20. The van der Waals surface area contributed by atoms with Crippen molar-refractivity contribution in [2.75, 3.05) is 0 Å². The molecule has 1 N–H and O–H groups in total. The maximum Gasteiger partial charge on any atom is 0.130 e. The number of hydrogen-bond donors (Lipinski definition) is 1. The van der Waals surface area contributed by atoms with Crippen LogP contribution in [0.2, 0.25) is 5.02 Å². The average Bonchev–Trinajstić information content (AvgIpc) is 2.75. The van der Waals surface area contributed by atoms with Gasteiger partial charge < -0.3 is 5.11 Å². The number of aliphatic hydroxyl groups excluding tert-OH is 1. The molecular weight excluding hydrogens is 359 g/mol. The van der Waals surface area contributed by atoms with Crippen molar-refractivity contribution in [2.45, 2.75) is 39.3 Å². The van der Waals surface area contributed by atoms with Gasteiger partial charge in [0.05, 0.1) is 22.5 Å². The zero-order chi connectivity index (χ0) is 15.6. The van der Waals surface area contributed by atoms with Crippen molar-refractivity contribution in [3.05, 3.63) is 50.5 Å². The van der Waals surface area contributed by atoms with Crippen LogP contribution in [0, 0.1) is 5.82 Å². The third kappa shape index (κ3) is 3.47. The lowest BCUT2D eigenvalue weighted by atomic mass is 10.0. The second kappa shape index (κ2) is 6.90. The molecule has 114 valence electrons. The molecule has 1 atom stereocenters. The lowest BCUT2D eigenvalue weighted by molar-refractivity contribution is 0.170. The van der Waals surface area contributed by atoms with Crippen molar-refractivity contribution in [2.24, 2.45) is 0 Å². The number of nitrogens with zero attached hydrogens (tertiary/aromatic N) is 2. The van der Waals surface area contributed by atoms with E-state index in [2.05, 4.69) is 21.0 Å². The highest BCUT2D eigenvalue weighted by molar-refractivity contribution is 9.10. The van der Waals surface area contributed by atoms with E-state index in [1.54, 1.807) is 16.8 Å². The number of hydrogen-bond acceptors (Lipinski definition) is 2. The fraction of sp³-hybridized carbons (Fsp3) is 0.400. The fourth-order valence-corrected chi connectivity index (χ4v) is 2.96. The van der Waals surface area contributed by atoms with E-state index in [0.29, 0.717) is 16.0 Å². The summed E-state index contributed by atoms with van der Waals surface area (Å²) in [6.45, 7) is 4.59. The molecule has 0 fully saturated rings. The molecule has 3 nitrogen and oxygen atoms in total. The number of halogens is 3. The quantitative estimate of drug-likeness (QED) is 0.846. The van der Waals surface area contributed by atoms with Gasteiger partial charge in [-0.15, -0.1) is 0 Å². The predicted molar refractivity (Wildman–Crippen MR) is 85.1 cm³/mol. The first-order chi connectivity index (χ1) is 9.97. The normalized spacial score (nSPS) is 12.7. The summed E-state index contributed by atoms with van der Waals surface area (Å²) >= 11 is 9.51. The average molecular weight is 376 g/mol. The maximum atomic E-state index is 13.9. The molecule has 0 aliphatic carbocycles. The zero-order valence-corrected chi connectivity index (χ0v) is 14.2. The molecule has 0 aliphatic heterocycles. The molecule has 2 rings (SSSR count). The van der Waals surface area contributed by atoms with E-state index in [1.165, 1.54) is 6.07 Å². The van der Waals surface area contributed by atoms with Crippen LogP contribution >= 0.6 is 27.5 Å². The number of aryl methyl sites for hydroxylation is 2. The second-order valence-electron chi connectivity index (χ2n) is 4.76. The van der Waals surface area contributed by atoms with E-state index in [0.717, 1.165) is 17.8 Å². The summed E-state index contributed by atoms with van der Waals surface area (Å²) in [7, 11) is 0. The Labute approximate surface area is 136 Å². The molecule has 0 saturated heterocycles. The Bertz CT molecular complexity index is 645. The van der Waals surface area contributed by atoms with Gasteiger partial charge in [-0.05, 0) is 25.5 Å². The van der Waals surface area contributed by atoms with E-state index in [9.17, 15) is 9.50 Å². The van der Waals surface area contributed by atoms with Crippen molar-refractivity contribution in [1.29, 1.82) is 0 Å². The van der Waals surface area contributed by atoms with Gasteiger partial charge in [0.1, 0.15) is 5.82 Å². The first-order valence-electron chi connectivity index (χ1n) is 6.84. The monoisotopic (exact) mass is 374 g/mol. The Morgan fingerprint density at radius 3 is 2.71 bits per heavy atom. The highest BCUT2D eigenvalue weighted by atomic mass is 79.9. The van der Waals surface area contributed by atoms with Gasteiger partial charge in [-0.2, -0.15) is 5.10 Å². The number of aromatic nitrogens is 2. The zero-order valence-electron chi connectivity index (χ0n) is 11.9. The molecular formula is C15H17BrClFN2O. The third-order valence-electron chi connectivity index (χ3n) is 3.40. The number of aliphatic hydroxyl groups is 1. The van der Waals surface area contributed by atoms with Gasteiger partial charge in [-0.1, -0.05) is 40.5 Å². The van der Waals surface area contributed by atoms with E-state index < -0.39 is 11.9 Å². The standard InChI is InChI=1S/C15H17BrClFN2O/c1-3-12-15(17)13(20(4-2)19-12)8-14(21)10-6-5-9(16)7-11(10)18/h5-7,14,21H,3-4,8H2,1-2H3. The minimum atomic E-state index is -0.956. The van der Waals surface area contributed by atoms with Gasteiger partial charge in [0, 0.05) is 23.0 Å². The molecule has 21 heavy (non-hydrogen) atoms. The Hall–Kier alpha value is -0.910. The molecule has 0 aliphatic rings. The number of benzene rings is 1. The molecule has 0 spiro atoms. The lowest BCUT2D eigenvalue weighted by Crippen LogP contribution is -2.10. The second-order valence-corrected chi connectivity index (χ2v) is 6.06. The molecule has 0 bridgehead atoms. The molecule has 2 aromatic rings. The van der Waals surface area contributed by atoms with Gasteiger partial charge in [-0.3, -0.25) is 4.68 Å². The summed E-state index contributed by atoms with van der Waals surface area (Å²) in [4.78, 5) is 0. The third-order valence-corrected chi connectivity index (χ3v) is 4.33. The lowest BCUT2D eigenvalue weighted by Gasteiger charge is -2.13. The van der Waals surface area contributed by atoms with E-state index in [1.807, 2.05) is 13.8 Å². The van der Waals surface area contributed by atoms with Gasteiger partial charge >= 0.3 is 0 Å². The van der Waals surface area contributed by atoms with E-state index in [4.69, 9.17) is 11.6 Å². The van der Waals surface area contributed by atoms with Crippen LogP contribution in [0.5, 0.6) is 0 Å². The molecule has 0 radical (unpaired) electrons. The van der Waals surface area contributed by atoms with Crippen molar-refractivity contribution in [1.82, 2.24) is 9.78 Å². The molecule has 1 unspecified atom stereocenters. The Kier molecular flexibility index (Phi) is 5.41. The summed E-state index contributed by atoms with van der Waals surface area (Å²) in [6, 6.07) is 4.62. The Morgan fingerprint density at radius 1 is 1.43 bits per heavy atom. The fourth-order valence-electron chi connectivity index (χ4n) is 2.28. The number of rotatable bonds is 5. The molecule has 1 aromatic heterocycles. The van der Waals surface area contributed by atoms with Crippen molar-refractivity contribution in [3.8, 4) is 0 Å². The van der Waals surface area contributed by atoms with Crippen LogP contribution in [0.15, 0.2) is 22.7 Å². The van der Waals surface area contributed by atoms with Crippen LogP contribution in [0.1, 0.15) is 36.9 Å². The largest absolute Gasteiger partial charge is 0.388 e. The molecule has 0 saturated carbocycles. The summed E-state index contributed by atoms with van der Waals surface area (Å²) in [6.07, 6.45) is 0.00194. The van der Waals surface area contributed by atoms with Crippen LogP contribution in [-0.2, 0) is 19.4 Å². The Morgan fingerprint density at radius 2 is 2.14 bits per heavy atom. The summed E-state index contributed by atoms with van der Waals surface area (Å²) < 4.78 is 16.3. The van der Waals surface area contributed by atoms with Crippen LogP contribution in [-0.4, -0.2) is 14.9 Å². The maximum absolute atomic E-state index is 13.9. The SMILES string of the molecule is CCc1nn(CC)c(CC(O)c2ccc(Br)cc2F)c1Cl. The van der Waals surface area contributed by atoms with Gasteiger partial charge in [-0.25, -0.2) is 4.39 Å². The Balaban J connectivity index is 2.31. The van der Waals surface area contributed by atoms with Gasteiger partial charge in [0.15, 0.2) is 0 Å². The minimum Gasteiger partial charge on any atom is -0.388 e. The van der Waals surface area contributed by atoms with Crippen molar-refractivity contribution in [3.63, 3.8) is 0 Å². The molecule has 6 heteroatoms. The van der Waals surface area contributed by atoms with Crippen LogP contribution in [0.25, 0.3) is 0 Å². The van der Waals surface area contributed by atoms with Gasteiger partial charge in [0.25, 0.3) is 0 Å². The summed E-state index contributed by atoms with van der Waals surface area (Å²) in [5.74, 6) is -0.439. The summed E-state index contributed by atoms with van der Waals surface area (Å²) in [5, 5.41) is 15.3. The first-order valence-corrected chi connectivity index (χ1v) is 8.02. The summed E-state index contributed by atoms with van der Waals surface area (Å²) in [5.41, 5.74) is 1.80. The smallest absolute Gasteiger partial charge is 0.130 e. The van der Waals surface area contributed by atoms with Crippen molar-refractivity contribution < 1.29 is 9.50 Å².